The van der Waals surface area contributed by atoms with Crippen LogP contribution in [0, 0.1) is 12.8 Å². The van der Waals surface area contributed by atoms with Crippen LogP contribution in [0.4, 0.5) is 0 Å². The predicted octanol–water partition coefficient (Wildman–Crippen LogP) is 2.62. The van der Waals surface area contributed by atoms with Crippen molar-refractivity contribution in [2.24, 2.45) is 11.7 Å². The van der Waals surface area contributed by atoms with Crippen molar-refractivity contribution in [2.75, 3.05) is 6.54 Å². The van der Waals surface area contributed by atoms with Crippen LogP contribution in [0.1, 0.15) is 30.9 Å². The second kappa shape index (κ2) is 3.39. The molecule has 1 aliphatic rings. The number of hydrogen-bond acceptors (Lipinski definition) is 1. The second-order valence-electron chi connectivity index (χ2n) is 4.66. The van der Waals surface area contributed by atoms with Gasteiger partial charge < -0.3 is 5.73 Å². The van der Waals surface area contributed by atoms with Crippen molar-refractivity contribution in [3.05, 3.63) is 35.4 Å². The number of nitrogens with two attached hydrogens (primary N) is 1. The van der Waals surface area contributed by atoms with E-state index in [1.54, 1.807) is 0 Å². The summed E-state index contributed by atoms with van der Waals surface area (Å²) < 4.78 is 0. The van der Waals surface area contributed by atoms with Crippen LogP contribution < -0.4 is 5.73 Å². The molecule has 2 rings (SSSR count). The highest BCUT2D eigenvalue weighted by Gasteiger charge is 2.47. The molecule has 1 aromatic carbocycles. The fraction of sp³-hybridized carbons (Fsp3) is 0.538. The summed E-state index contributed by atoms with van der Waals surface area (Å²) in [4.78, 5) is 0. The molecule has 0 radical (unpaired) electrons. The van der Waals surface area contributed by atoms with Crippen LogP contribution in [0.5, 0.6) is 0 Å². The van der Waals surface area contributed by atoms with E-state index in [2.05, 4.69) is 38.1 Å². The zero-order valence-electron chi connectivity index (χ0n) is 9.09. The van der Waals surface area contributed by atoms with Crippen LogP contribution in [0.25, 0.3) is 0 Å². The number of benzene rings is 1. The lowest BCUT2D eigenvalue weighted by atomic mass is 9.83. The zero-order chi connectivity index (χ0) is 10.2. The molecule has 14 heavy (non-hydrogen) atoms. The molecule has 1 heteroatoms. The molecule has 0 amide bonds. The average molecular weight is 189 g/mol. The lowest BCUT2D eigenvalue weighted by molar-refractivity contribution is 0.450. The molecule has 1 atom stereocenters. The first kappa shape index (κ1) is 9.72. The maximum absolute atomic E-state index is 5.77. The minimum absolute atomic E-state index is 0.419. The van der Waals surface area contributed by atoms with Gasteiger partial charge in [0.15, 0.2) is 0 Å². The van der Waals surface area contributed by atoms with Crippen LogP contribution in [0.3, 0.4) is 0 Å². The van der Waals surface area contributed by atoms with Crippen LogP contribution in [-0.2, 0) is 5.41 Å². The van der Waals surface area contributed by atoms with Gasteiger partial charge >= 0.3 is 0 Å². The Morgan fingerprint density at radius 2 is 1.86 bits per heavy atom. The van der Waals surface area contributed by atoms with Crippen molar-refractivity contribution in [1.82, 2.24) is 0 Å². The normalized spacial score (nSPS) is 20.5. The molecule has 0 saturated heterocycles. The van der Waals surface area contributed by atoms with E-state index in [9.17, 15) is 0 Å². The molecule has 0 aliphatic heterocycles. The van der Waals surface area contributed by atoms with E-state index in [4.69, 9.17) is 5.73 Å². The zero-order valence-corrected chi connectivity index (χ0v) is 9.09. The topological polar surface area (TPSA) is 26.0 Å². The van der Waals surface area contributed by atoms with Crippen molar-refractivity contribution in [2.45, 2.75) is 32.1 Å². The quantitative estimate of drug-likeness (QED) is 0.777. The molecule has 0 aromatic heterocycles. The summed E-state index contributed by atoms with van der Waals surface area (Å²) in [5, 5.41) is 0. The third-order valence-corrected chi connectivity index (χ3v) is 3.71. The van der Waals surface area contributed by atoms with Gasteiger partial charge in [-0.3, -0.25) is 0 Å². The van der Waals surface area contributed by atoms with Gasteiger partial charge in [0.05, 0.1) is 0 Å². The molecular weight excluding hydrogens is 170 g/mol. The third-order valence-electron chi connectivity index (χ3n) is 3.71. The van der Waals surface area contributed by atoms with Crippen LogP contribution in [0.15, 0.2) is 24.3 Å². The van der Waals surface area contributed by atoms with E-state index < -0.39 is 0 Å². The molecule has 0 spiro atoms. The van der Waals surface area contributed by atoms with Crippen molar-refractivity contribution in [3.8, 4) is 0 Å². The van der Waals surface area contributed by atoms with Crippen molar-refractivity contribution < 1.29 is 0 Å². The minimum atomic E-state index is 0.419. The van der Waals surface area contributed by atoms with Gasteiger partial charge in [-0.25, -0.2) is 0 Å². The molecule has 76 valence electrons. The number of rotatable bonds is 3. The molecular formula is C13H19N. The Kier molecular flexibility index (Phi) is 2.36. The maximum Gasteiger partial charge on any atom is -0.000874 e. The van der Waals surface area contributed by atoms with Crippen LogP contribution >= 0.6 is 0 Å². The number of hydrogen-bond donors (Lipinski definition) is 1. The summed E-state index contributed by atoms with van der Waals surface area (Å²) in [6, 6.07) is 8.96. The highest BCUT2D eigenvalue weighted by Crippen LogP contribution is 2.53. The van der Waals surface area contributed by atoms with Gasteiger partial charge in [0, 0.05) is 0 Å². The molecule has 0 heterocycles. The Morgan fingerprint density at radius 3 is 2.29 bits per heavy atom. The molecule has 1 unspecified atom stereocenters. The fourth-order valence-corrected chi connectivity index (χ4v) is 2.31. The Balaban J connectivity index is 2.26. The standard InChI is InChI=1S/C13H19N/c1-10-3-5-12(6-4-10)13(7-8-13)11(2)9-14/h3-6,11H,7-9,14H2,1-2H3. The maximum atomic E-state index is 5.77. The Labute approximate surface area is 86.3 Å². The highest BCUT2D eigenvalue weighted by atomic mass is 14.6. The minimum Gasteiger partial charge on any atom is -0.330 e. The lowest BCUT2D eigenvalue weighted by Gasteiger charge is -2.22. The van der Waals surface area contributed by atoms with Gasteiger partial charge in [0.2, 0.25) is 0 Å². The Hall–Kier alpha value is -0.820. The van der Waals surface area contributed by atoms with Gasteiger partial charge in [-0.1, -0.05) is 36.8 Å². The van der Waals surface area contributed by atoms with E-state index in [1.807, 2.05) is 0 Å². The van der Waals surface area contributed by atoms with Crippen molar-refractivity contribution in [1.29, 1.82) is 0 Å². The van der Waals surface area contributed by atoms with Gasteiger partial charge in [-0.2, -0.15) is 0 Å². The van der Waals surface area contributed by atoms with Crippen LogP contribution in [0.2, 0.25) is 0 Å². The summed E-state index contributed by atoms with van der Waals surface area (Å²) in [5.74, 6) is 0.616. The predicted molar refractivity (Wildman–Crippen MR) is 60.3 cm³/mol. The first-order valence-electron chi connectivity index (χ1n) is 5.46. The number of aryl methyl sites for hydroxylation is 1. The molecule has 1 saturated carbocycles. The van der Waals surface area contributed by atoms with Gasteiger partial charge in [-0.15, -0.1) is 0 Å². The van der Waals surface area contributed by atoms with Crippen molar-refractivity contribution in [3.63, 3.8) is 0 Å². The second-order valence-corrected chi connectivity index (χ2v) is 4.66. The molecule has 0 bridgehead atoms. The Bertz CT molecular complexity index is 309. The summed E-state index contributed by atoms with van der Waals surface area (Å²) in [7, 11) is 0. The molecule has 1 aliphatic carbocycles. The van der Waals surface area contributed by atoms with E-state index in [-0.39, 0.29) is 0 Å². The van der Waals surface area contributed by atoms with Gasteiger partial charge in [0.25, 0.3) is 0 Å². The largest absolute Gasteiger partial charge is 0.330 e. The molecule has 2 N–H and O–H groups in total. The SMILES string of the molecule is Cc1ccc(C2(C(C)CN)CC2)cc1. The van der Waals surface area contributed by atoms with E-state index in [0.29, 0.717) is 11.3 Å². The van der Waals surface area contributed by atoms with E-state index in [1.165, 1.54) is 24.0 Å². The van der Waals surface area contributed by atoms with Crippen LogP contribution in [-0.4, -0.2) is 6.54 Å². The molecule has 1 nitrogen and oxygen atoms in total. The average Bonchev–Trinajstić information content (AvgIpc) is 2.99. The summed E-state index contributed by atoms with van der Waals surface area (Å²) >= 11 is 0. The lowest BCUT2D eigenvalue weighted by Crippen LogP contribution is -2.25. The fourth-order valence-electron chi connectivity index (χ4n) is 2.31. The smallest absolute Gasteiger partial charge is 0.000874 e. The summed E-state index contributed by atoms with van der Waals surface area (Å²) in [6.45, 7) is 5.20. The van der Waals surface area contributed by atoms with E-state index >= 15 is 0 Å². The molecule has 1 fully saturated rings. The van der Waals surface area contributed by atoms with E-state index in [0.717, 1.165) is 6.54 Å². The third kappa shape index (κ3) is 1.46. The van der Waals surface area contributed by atoms with Gasteiger partial charge in [0.1, 0.15) is 0 Å². The monoisotopic (exact) mass is 189 g/mol. The Morgan fingerprint density at radius 1 is 1.29 bits per heavy atom. The summed E-state index contributed by atoms with van der Waals surface area (Å²) in [6.07, 6.45) is 2.63. The summed E-state index contributed by atoms with van der Waals surface area (Å²) in [5.41, 5.74) is 9.01. The first-order chi connectivity index (χ1) is 6.69. The highest BCUT2D eigenvalue weighted by molar-refractivity contribution is 5.34. The van der Waals surface area contributed by atoms with Gasteiger partial charge in [-0.05, 0) is 43.2 Å². The molecule has 1 aromatic rings. The first-order valence-corrected chi connectivity index (χ1v) is 5.46. The van der Waals surface area contributed by atoms with Crippen molar-refractivity contribution >= 4 is 0 Å².